The van der Waals surface area contributed by atoms with Gasteiger partial charge in [0.2, 0.25) is 0 Å². The Kier molecular flexibility index (Phi) is 6.41. The molecular formula is C12H23NO2. The summed E-state index contributed by atoms with van der Waals surface area (Å²) in [5.41, 5.74) is 0. The van der Waals surface area contributed by atoms with Crippen LogP contribution in [0.15, 0.2) is 0 Å². The van der Waals surface area contributed by atoms with Gasteiger partial charge < -0.3 is 10.4 Å². The van der Waals surface area contributed by atoms with Gasteiger partial charge in [-0.05, 0) is 38.3 Å². The molecule has 0 aromatic heterocycles. The first-order valence-electron chi connectivity index (χ1n) is 6.21. The third-order valence-electron chi connectivity index (χ3n) is 3.15. The number of carboxylic acid groups (broad SMARTS) is 1. The molecule has 15 heavy (non-hydrogen) atoms. The maximum absolute atomic E-state index is 10.3. The van der Waals surface area contributed by atoms with Gasteiger partial charge in [-0.25, -0.2) is 0 Å². The summed E-state index contributed by atoms with van der Waals surface area (Å²) in [4.78, 5) is 10.3. The average Bonchev–Trinajstić information content (AvgIpc) is 2.45. The summed E-state index contributed by atoms with van der Waals surface area (Å²) < 4.78 is 0. The molecule has 0 bridgehead atoms. The van der Waals surface area contributed by atoms with Crippen LogP contribution in [-0.4, -0.2) is 24.2 Å². The van der Waals surface area contributed by atoms with Gasteiger partial charge in [0.1, 0.15) is 0 Å². The van der Waals surface area contributed by atoms with E-state index in [1.165, 1.54) is 38.5 Å². The predicted molar refractivity (Wildman–Crippen MR) is 60.9 cm³/mol. The van der Waals surface area contributed by atoms with Crippen LogP contribution in [0.2, 0.25) is 0 Å². The topological polar surface area (TPSA) is 49.3 Å². The number of rotatable bonds is 6. The minimum Gasteiger partial charge on any atom is -0.481 e. The molecule has 88 valence electrons. The van der Waals surface area contributed by atoms with Crippen molar-refractivity contribution in [1.29, 1.82) is 0 Å². The summed E-state index contributed by atoms with van der Waals surface area (Å²) in [6, 6.07) is 0. The van der Waals surface area contributed by atoms with Gasteiger partial charge in [0.15, 0.2) is 0 Å². The van der Waals surface area contributed by atoms with Crippen LogP contribution in [0.4, 0.5) is 0 Å². The molecule has 0 aromatic carbocycles. The molecular weight excluding hydrogens is 190 g/mol. The lowest BCUT2D eigenvalue weighted by Gasteiger charge is -2.14. The van der Waals surface area contributed by atoms with Gasteiger partial charge in [0.25, 0.3) is 0 Å². The van der Waals surface area contributed by atoms with Gasteiger partial charge >= 0.3 is 5.97 Å². The van der Waals surface area contributed by atoms with Crippen LogP contribution in [0.3, 0.4) is 0 Å². The Labute approximate surface area is 92.3 Å². The summed E-state index contributed by atoms with van der Waals surface area (Å²) in [5.74, 6) is 0.142. The number of aliphatic carboxylic acids is 1. The highest BCUT2D eigenvalue weighted by Crippen LogP contribution is 2.21. The molecule has 0 aliphatic heterocycles. The number of hydrogen-bond donors (Lipinski definition) is 2. The highest BCUT2D eigenvalue weighted by Gasteiger charge is 2.11. The molecule has 1 saturated carbocycles. The van der Waals surface area contributed by atoms with E-state index >= 15 is 0 Å². The van der Waals surface area contributed by atoms with Gasteiger partial charge in [0, 0.05) is 6.42 Å². The fourth-order valence-corrected chi connectivity index (χ4v) is 2.24. The van der Waals surface area contributed by atoms with Crippen LogP contribution in [0.1, 0.15) is 51.4 Å². The number of carbonyl (C=O) groups is 1. The van der Waals surface area contributed by atoms with E-state index in [1.807, 2.05) is 0 Å². The monoisotopic (exact) mass is 213 g/mol. The summed E-state index contributed by atoms with van der Waals surface area (Å²) >= 11 is 0. The zero-order valence-electron chi connectivity index (χ0n) is 9.50. The molecule has 0 spiro atoms. The first-order chi connectivity index (χ1) is 7.29. The second kappa shape index (κ2) is 7.69. The van der Waals surface area contributed by atoms with Gasteiger partial charge in [-0.3, -0.25) is 4.79 Å². The second-order valence-electron chi connectivity index (χ2n) is 4.56. The molecule has 0 heterocycles. The molecule has 0 unspecified atom stereocenters. The molecule has 3 heteroatoms. The van der Waals surface area contributed by atoms with Crippen molar-refractivity contribution in [1.82, 2.24) is 5.32 Å². The molecule has 0 aromatic rings. The van der Waals surface area contributed by atoms with Crippen LogP contribution in [-0.2, 0) is 4.79 Å². The Hall–Kier alpha value is -0.570. The minimum atomic E-state index is -0.689. The highest BCUT2D eigenvalue weighted by atomic mass is 16.4. The van der Waals surface area contributed by atoms with Crippen LogP contribution in [0, 0.1) is 5.92 Å². The van der Waals surface area contributed by atoms with Crippen molar-refractivity contribution < 1.29 is 9.90 Å². The normalized spacial score (nSPS) is 18.7. The summed E-state index contributed by atoms with van der Waals surface area (Å²) in [5, 5.41) is 11.8. The lowest BCUT2D eigenvalue weighted by Crippen LogP contribution is -2.24. The predicted octanol–water partition coefficient (Wildman–Crippen LogP) is 2.41. The van der Waals surface area contributed by atoms with Crippen molar-refractivity contribution in [2.45, 2.75) is 51.4 Å². The molecule has 0 atom stereocenters. The van der Waals surface area contributed by atoms with E-state index in [1.54, 1.807) is 0 Å². The molecule has 0 saturated heterocycles. The zero-order valence-corrected chi connectivity index (χ0v) is 9.50. The van der Waals surface area contributed by atoms with E-state index < -0.39 is 5.97 Å². The van der Waals surface area contributed by atoms with Crippen molar-refractivity contribution in [3.8, 4) is 0 Å². The maximum Gasteiger partial charge on any atom is 0.303 e. The molecule has 1 aliphatic carbocycles. The fourth-order valence-electron chi connectivity index (χ4n) is 2.24. The Bertz CT molecular complexity index is 174. The van der Waals surface area contributed by atoms with E-state index in [9.17, 15) is 4.79 Å². The lowest BCUT2D eigenvalue weighted by atomic mass is 10.0. The third-order valence-corrected chi connectivity index (χ3v) is 3.15. The molecule has 0 radical (unpaired) electrons. The van der Waals surface area contributed by atoms with Crippen molar-refractivity contribution in [2.24, 2.45) is 5.92 Å². The Balaban J connectivity index is 1.96. The number of nitrogens with one attached hydrogen (secondary N) is 1. The Morgan fingerprint density at radius 1 is 1.20 bits per heavy atom. The zero-order chi connectivity index (χ0) is 10.9. The van der Waals surface area contributed by atoms with Crippen LogP contribution in [0.25, 0.3) is 0 Å². The van der Waals surface area contributed by atoms with Gasteiger partial charge in [-0.2, -0.15) is 0 Å². The standard InChI is InChI=1S/C12H23NO2/c14-12(15)8-5-9-13-10-11-6-3-1-2-4-7-11/h11,13H,1-10H2,(H,14,15). The van der Waals surface area contributed by atoms with E-state index in [-0.39, 0.29) is 6.42 Å². The first-order valence-corrected chi connectivity index (χ1v) is 6.21. The summed E-state index contributed by atoms with van der Waals surface area (Å²) in [6.45, 7) is 1.93. The third kappa shape index (κ3) is 6.50. The van der Waals surface area contributed by atoms with Crippen LogP contribution < -0.4 is 5.32 Å². The maximum atomic E-state index is 10.3. The average molecular weight is 213 g/mol. The van der Waals surface area contributed by atoms with Crippen LogP contribution in [0.5, 0.6) is 0 Å². The SMILES string of the molecule is O=C(O)CCCNCC1CCCCCC1. The van der Waals surface area contributed by atoms with E-state index in [4.69, 9.17) is 5.11 Å². The quantitative estimate of drug-likeness (QED) is 0.526. The Morgan fingerprint density at radius 2 is 1.87 bits per heavy atom. The molecule has 1 rings (SSSR count). The minimum absolute atomic E-state index is 0.289. The van der Waals surface area contributed by atoms with E-state index in [2.05, 4.69) is 5.32 Å². The second-order valence-corrected chi connectivity index (χ2v) is 4.56. The Morgan fingerprint density at radius 3 is 2.47 bits per heavy atom. The van der Waals surface area contributed by atoms with Crippen molar-refractivity contribution in [3.05, 3.63) is 0 Å². The molecule has 3 nitrogen and oxygen atoms in total. The first kappa shape index (κ1) is 12.5. The summed E-state index contributed by atoms with van der Waals surface area (Å²) in [7, 11) is 0. The highest BCUT2D eigenvalue weighted by molar-refractivity contribution is 5.66. The van der Waals surface area contributed by atoms with Crippen molar-refractivity contribution in [3.63, 3.8) is 0 Å². The fraction of sp³-hybridized carbons (Fsp3) is 0.917. The molecule has 2 N–H and O–H groups in total. The number of hydrogen-bond acceptors (Lipinski definition) is 2. The smallest absolute Gasteiger partial charge is 0.303 e. The molecule has 1 fully saturated rings. The van der Waals surface area contributed by atoms with Gasteiger partial charge in [-0.15, -0.1) is 0 Å². The van der Waals surface area contributed by atoms with E-state index in [0.29, 0.717) is 0 Å². The molecule has 0 amide bonds. The molecule has 1 aliphatic rings. The van der Waals surface area contributed by atoms with Crippen molar-refractivity contribution >= 4 is 5.97 Å². The van der Waals surface area contributed by atoms with Crippen molar-refractivity contribution in [2.75, 3.05) is 13.1 Å². The van der Waals surface area contributed by atoms with Gasteiger partial charge in [-0.1, -0.05) is 25.7 Å². The lowest BCUT2D eigenvalue weighted by molar-refractivity contribution is -0.137. The number of carboxylic acids is 1. The van der Waals surface area contributed by atoms with Crippen LogP contribution >= 0.6 is 0 Å². The largest absolute Gasteiger partial charge is 0.481 e. The summed E-state index contributed by atoms with van der Waals surface area (Å²) in [6.07, 6.45) is 9.30. The van der Waals surface area contributed by atoms with Gasteiger partial charge in [0.05, 0.1) is 0 Å². The van der Waals surface area contributed by atoms with E-state index in [0.717, 1.165) is 25.4 Å².